The average Bonchev–Trinajstić information content (AvgIpc) is 2.54. The lowest BCUT2D eigenvalue weighted by molar-refractivity contribution is -0.706. The summed E-state index contributed by atoms with van der Waals surface area (Å²) in [5.74, 6) is 0. The molecule has 1 atom stereocenters. The van der Waals surface area contributed by atoms with E-state index in [4.69, 9.17) is 18.2 Å². The van der Waals surface area contributed by atoms with E-state index in [1.807, 2.05) is 54.2 Å². The molecule has 0 fully saturated rings. The molecule has 0 aliphatic heterocycles. The van der Waals surface area contributed by atoms with Gasteiger partial charge in [0.15, 0.2) is 22.5 Å². The van der Waals surface area contributed by atoms with Crippen molar-refractivity contribution in [3.8, 4) is 17.2 Å². The molecule has 0 saturated heterocycles. The SMILES string of the molecule is CC(C#N)[n+]1ccc(-c2ccccc2)cc1.O=S(=O)([O-])C(F)(F)F. The van der Waals surface area contributed by atoms with Crippen LogP contribution in [0.1, 0.15) is 13.0 Å². The lowest BCUT2D eigenvalue weighted by Gasteiger charge is -2.08. The normalized spacial score (nSPS) is 12.5. The van der Waals surface area contributed by atoms with E-state index in [1.54, 1.807) is 0 Å². The third-order valence-corrected chi connectivity index (χ3v) is 3.44. The topological polar surface area (TPSA) is 84.9 Å². The number of rotatable bonds is 2. The maximum absolute atomic E-state index is 10.7. The van der Waals surface area contributed by atoms with E-state index < -0.39 is 15.6 Å². The molecule has 128 valence electrons. The second-order valence-electron chi connectivity index (χ2n) is 4.60. The molecule has 0 bridgehead atoms. The largest absolute Gasteiger partial charge is 0.741 e. The number of pyridine rings is 1. The first kappa shape index (κ1) is 19.6. The molecule has 0 spiro atoms. The van der Waals surface area contributed by atoms with Crippen LogP contribution in [-0.2, 0) is 10.1 Å². The van der Waals surface area contributed by atoms with Gasteiger partial charge in [-0.1, -0.05) is 30.3 Å². The highest BCUT2D eigenvalue weighted by Crippen LogP contribution is 2.20. The van der Waals surface area contributed by atoms with Crippen LogP contribution in [0.2, 0.25) is 0 Å². The van der Waals surface area contributed by atoms with E-state index in [0.717, 1.165) is 0 Å². The molecule has 5 nitrogen and oxygen atoms in total. The molecule has 0 aliphatic rings. The molecule has 2 aromatic rings. The predicted molar refractivity (Wildman–Crippen MR) is 78.1 cm³/mol. The smallest absolute Gasteiger partial charge is 0.485 e. The summed E-state index contributed by atoms with van der Waals surface area (Å²) in [6.45, 7) is 1.88. The summed E-state index contributed by atoms with van der Waals surface area (Å²) in [5, 5.41) is 8.80. The summed E-state index contributed by atoms with van der Waals surface area (Å²) >= 11 is 0. The summed E-state index contributed by atoms with van der Waals surface area (Å²) in [4.78, 5) is 0. The highest BCUT2D eigenvalue weighted by Gasteiger charge is 2.36. The fraction of sp³-hybridized carbons (Fsp3) is 0.200. The van der Waals surface area contributed by atoms with E-state index in [2.05, 4.69) is 18.2 Å². The van der Waals surface area contributed by atoms with E-state index >= 15 is 0 Å². The van der Waals surface area contributed by atoms with Crippen LogP contribution in [0.4, 0.5) is 13.2 Å². The van der Waals surface area contributed by atoms with Crippen LogP contribution >= 0.6 is 0 Å². The number of benzene rings is 1. The van der Waals surface area contributed by atoms with Crippen molar-refractivity contribution in [1.29, 1.82) is 5.26 Å². The summed E-state index contributed by atoms with van der Waals surface area (Å²) in [7, 11) is -6.09. The van der Waals surface area contributed by atoms with E-state index in [0.29, 0.717) is 0 Å². The number of nitriles is 1. The van der Waals surface area contributed by atoms with E-state index in [9.17, 15) is 13.2 Å². The van der Waals surface area contributed by atoms with Crippen LogP contribution in [0.15, 0.2) is 54.9 Å². The molecule has 2 rings (SSSR count). The summed E-state index contributed by atoms with van der Waals surface area (Å²) in [6.07, 6.45) is 3.88. The Kier molecular flexibility index (Phi) is 6.45. The molecule has 1 heterocycles. The molecular weight excluding hydrogens is 345 g/mol. The Bertz CT molecular complexity index is 799. The number of hydrogen-bond donors (Lipinski definition) is 0. The maximum Gasteiger partial charge on any atom is 0.485 e. The molecule has 1 aromatic carbocycles. The van der Waals surface area contributed by atoms with Crippen LogP contribution < -0.4 is 4.57 Å². The molecular formula is C15H13F3N2O3S. The Morgan fingerprint density at radius 3 is 1.88 bits per heavy atom. The van der Waals surface area contributed by atoms with Crippen molar-refractivity contribution in [2.45, 2.75) is 18.5 Å². The van der Waals surface area contributed by atoms with Crippen molar-refractivity contribution in [3.63, 3.8) is 0 Å². The fourth-order valence-electron chi connectivity index (χ4n) is 1.59. The van der Waals surface area contributed by atoms with E-state index in [1.165, 1.54) is 11.1 Å². The Hall–Kier alpha value is -2.44. The van der Waals surface area contributed by atoms with Gasteiger partial charge in [-0.2, -0.15) is 23.0 Å². The van der Waals surface area contributed by atoms with Crippen LogP contribution in [0, 0.1) is 11.3 Å². The molecule has 1 unspecified atom stereocenters. The molecule has 1 aromatic heterocycles. The molecule has 0 aliphatic carbocycles. The van der Waals surface area contributed by atoms with Crippen molar-refractivity contribution in [2.24, 2.45) is 0 Å². The zero-order valence-electron chi connectivity index (χ0n) is 12.4. The van der Waals surface area contributed by atoms with E-state index in [-0.39, 0.29) is 6.04 Å². The highest BCUT2D eigenvalue weighted by molar-refractivity contribution is 7.86. The number of alkyl halides is 3. The first-order valence-electron chi connectivity index (χ1n) is 6.54. The van der Waals surface area contributed by atoms with Crippen molar-refractivity contribution in [3.05, 3.63) is 54.9 Å². The highest BCUT2D eigenvalue weighted by atomic mass is 32.2. The zero-order valence-corrected chi connectivity index (χ0v) is 13.3. The van der Waals surface area contributed by atoms with Crippen LogP contribution in [0.25, 0.3) is 11.1 Å². The number of halogens is 3. The van der Waals surface area contributed by atoms with Crippen LogP contribution in [0.5, 0.6) is 0 Å². The summed E-state index contributed by atoms with van der Waals surface area (Å²) in [5.41, 5.74) is -3.28. The first-order valence-corrected chi connectivity index (χ1v) is 7.95. The lowest BCUT2D eigenvalue weighted by atomic mass is 10.1. The van der Waals surface area contributed by atoms with Gasteiger partial charge in [-0.05, 0) is 11.1 Å². The Balaban J connectivity index is 0.000000307. The second kappa shape index (κ2) is 7.90. The quantitative estimate of drug-likeness (QED) is 0.469. The number of hydrogen-bond acceptors (Lipinski definition) is 4. The molecule has 9 heteroatoms. The molecule has 0 saturated carbocycles. The predicted octanol–water partition coefficient (Wildman–Crippen LogP) is 2.78. The van der Waals surface area contributed by atoms with Gasteiger partial charge in [-0.25, -0.2) is 8.42 Å². The first-order chi connectivity index (χ1) is 11.1. The Morgan fingerprint density at radius 2 is 1.50 bits per heavy atom. The second-order valence-corrected chi connectivity index (χ2v) is 5.98. The minimum Gasteiger partial charge on any atom is -0.741 e. The molecule has 0 radical (unpaired) electrons. The van der Waals surface area contributed by atoms with Crippen LogP contribution in [0.3, 0.4) is 0 Å². The average molecular weight is 358 g/mol. The summed E-state index contributed by atoms with van der Waals surface area (Å²) < 4.78 is 60.8. The third kappa shape index (κ3) is 5.64. The van der Waals surface area contributed by atoms with Gasteiger partial charge in [-0.15, -0.1) is 0 Å². The Labute approximate surface area is 137 Å². The minimum atomic E-state index is -6.09. The van der Waals surface area contributed by atoms with Crippen molar-refractivity contribution >= 4 is 10.1 Å². The van der Waals surface area contributed by atoms with Crippen LogP contribution in [-0.4, -0.2) is 18.5 Å². The van der Waals surface area contributed by atoms with Gasteiger partial charge in [0.1, 0.15) is 6.07 Å². The third-order valence-electron chi connectivity index (χ3n) is 2.88. The summed E-state index contributed by atoms with van der Waals surface area (Å²) in [6, 6.07) is 16.3. The Morgan fingerprint density at radius 1 is 1.08 bits per heavy atom. The van der Waals surface area contributed by atoms with Gasteiger partial charge in [0.2, 0.25) is 6.04 Å². The molecule has 0 amide bonds. The van der Waals surface area contributed by atoms with Crippen molar-refractivity contribution < 1.29 is 30.7 Å². The van der Waals surface area contributed by atoms with Crippen molar-refractivity contribution in [1.82, 2.24) is 0 Å². The number of nitrogens with zero attached hydrogens (tertiary/aromatic N) is 2. The van der Waals surface area contributed by atoms with Gasteiger partial charge in [0.25, 0.3) is 0 Å². The fourth-order valence-corrected chi connectivity index (χ4v) is 1.59. The number of aromatic nitrogens is 1. The van der Waals surface area contributed by atoms with Gasteiger partial charge < -0.3 is 4.55 Å². The zero-order chi connectivity index (χ0) is 18.4. The van der Waals surface area contributed by atoms with Gasteiger partial charge in [-0.3, -0.25) is 0 Å². The minimum absolute atomic E-state index is 0.121. The van der Waals surface area contributed by atoms with Gasteiger partial charge >= 0.3 is 5.51 Å². The van der Waals surface area contributed by atoms with Gasteiger partial charge in [0, 0.05) is 19.1 Å². The monoisotopic (exact) mass is 358 g/mol. The standard InChI is InChI=1S/C14H13N2.CHF3O3S/c1-12(11-15)16-9-7-14(8-10-16)13-5-3-2-4-6-13;2-1(3,4)8(5,6)7/h2-10,12H,1H3;(H,5,6,7)/q+1;/p-1. The molecule has 0 N–H and O–H groups in total. The maximum atomic E-state index is 10.7. The van der Waals surface area contributed by atoms with Gasteiger partial charge in [0.05, 0.1) is 0 Å². The van der Waals surface area contributed by atoms with Crippen molar-refractivity contribution in [2.75, 3.05) is 0 Å². The lowest BCUT2D eigenvalue weighted by Crippen LogP contribution is -2.35. The molecule has 24 heavy (non-hydrogen) atoms.